The Morgan fingerprint density at radius 2 is 2.00 bits per heavy atom. The molecule has 2 rings (SSSR count). The molecule has 1 aromatic heterocycles. The Kier molecular flexibility index (Phi) is 6.87. The van der Waals surface area contributed by atoms with E-state index in [-0.39, 0.29) is 5.60 Å². The first kappa shape index (κ1) is 17.2. The van der Waals surface area contributed by atoms with E-state index in [0.717, 1.165) is 37.8 Å². The van der Waals surface area contributed by atoms with Gasteiger partial charge in [-0.2, -0.15) is 0 Å². The summed E-state index contributed by atoms with van der Waals surface area (Å²) in [6.45, 7) is 10.0. The normalized spacial score (nSPS) is 14.8. The molecule has 2 heterocycles. The first-order valence-electron chi connectivity index (χ1n) is 7.03. The number of carbonyl (C=O) groups excluding carboxylic acids is 1. The van der Waals surface area contributed by atoms with Crippen LogP contribution in [0.1, 0.15) is 20.8 Å². The van der Waals surface area contributed by atoms with E-state index >= 15 is 0 Å². The Morgan fingerprint density at radius 3 is 2.48 bits per heavy atom. The van der Waals surface area contributed by atoms with Crippen LogP contribution in [0.3, 0.4) is 0 Å². The van der Waals surface area contributed by atoms with E-state index in [4.69, 9.17) is 0 Å². The minimum Gasteiger partial charge on any atom is -0.462 e. The fourth-order valence-electron chi connectivity index (χ4n) is 1.69. The van der Waals surface area contributed by atoms with E-state index in [2.05, 4.69) is 30.2 Å². The maximum Gasteiger partial charge on any atom is 0.293 e. The van der Waals surface area contributed by atoms with Crippen LogP contribution in [0.15, 0.2) is 12.4 Å². The minimum atomic E-state index is -0.318. The first-order valence-corrected chi connectivity index (χ1v) is 7.03. The molecule has 0 unspecified atom stereocenters. The molecule has 0 bridgehead atoms. The zero-order valence-corrected chi connectivity index (χ0v) is 13.2. The summed E-state index contributed by atoms with van der Waals surface area (Å²) in [4.78, 5) is 20.2. The first-order chi connectivity index (χ1) is 9.96. The molecule has 1 aromatic rings. The molecule has 21 heavy (non-hydrogen) atoms. The van der Waals surface area contributed by atoms with Crippen molar-refractivity contribution in [3.63, 3.8) is 0 Å². The summed E-state index contributed by atoms with van der Waals surface area (Å²) in [6.07, 6.45) is 1.60. The highest BCUT2D eigenvalue weighted by atomic mass is 16.5. The summed E-state index contributed by atoms with van der Waals surface area (Å²) in [6, 6.07) is 1.98. The lowest BCUT2D eigenvalue weighted by Gasteiger charge is -2.28. The molecule has 0 radical (unpaired) electrons. The second-order valence-corrected chi connectivity index (χ2v) is 5.57. The molecule has 7 heteroatoms. The number of hydrogen-bond donors (Lipinski definition) is 2. The van der Waals surface area contributed by atoms with Crippen molar-refractivity contribution in [1.29, 1.82) is 0 Å². The van der Waals surface area contributed by atoms with Gasteiger partial charge in [0.2, 0.25) is 0 Å². The van der Waals surface area contributed by atoms with Crippen molar-refractivity contribution in [3.05, 3.63) is 12.4 Å². The van der Waals surface area contributed by atoms with Gasteiger partial charge in [-0.05, 0) is 20.8 Å². The number of carbonyl (C=O) groups is 1. The molecule has 1 saturated heterocycles. The van der Waals surface area contributed by atoms with Crippen LogP contribution >= 0.6 is 0 Å². The van der Waals surface area contributed by atoms with Crippen LogP contribution in [-0.4, -0.2) is 55.3 Å². The molecule has 0 aromatic carbocycles. The zero-order valence-electron chi connectivity index (χ0n) is 13.2. The van der Waals surface area contributed by atoms with Gasteiger partial charge in [0, 0.05) is 39.3 Å². The molecule has 0 spiro atoms. The molecular formula is C14H25N5O2. The average molecular weight is 295 g/mol. The Labute approximate surface area is 126 Å². The number of piperazine rings is 1. The van der Waals surface area contributed by atoms with Gasteiger partial charge in [-0.25, -0.2) is 9.97 Å². The van der Waals surface area contributed by atoms with Gasteiger partial charge >= 0.3 is 0 Å². The van der Waals surface area contributed by atoms with Gasteiger partial charge in [0.25, 0.3) is 6.47 Å². The molecule has 0 saturated carbocycles. The minimum absolute atomic E-state index is 0.318. The predicted molar refractivity (Wildman–Crippen MR) is 83.6 cm³/mol. The van der Waals surface area contributed by atoms with Crippen LogP contribution in [0, 0.1) is 0 Å². The fraction of sp³-hybridized carbons (Fsp3) is 0.643. The van der Waals surface area contributed by atoms with Gasteiger partial charge in [0.1, 0.15) is 23.6 Å². The fourth-order valence-corrected chi connectivity index (χ4v) is 1.69. The van der Waals surface area contributed by atoms with Crippen molar-refractivity contribution in [2.24, 2.45) is 0 Å². The van der Waals surface area contributed by atoms with E-state index in [1.807, 2.05) is 33.9 Å². The maximum atomic E-state index is 9.60. The highest BCUT2D eigenvalue weighted by molar-refractivity contribution is 5.48. The lowest BCUT2D eigenvalue weighted by atomic mass is 10.2. The van der Waals surface area contributed by atoms with Crippen molar-refractivity contribution in [1.82, 2.24) is 15.3 Å². The van der Waals surface area contributed by atoms with E-state index in [1.54, 1.807) is 6.33 Å². The number of anilines is 2. The van der Waals surface area contributed by atoms with Gasteiger partial charge in [0.05, 0.1) is 0 Å². The molecule has 0 atom stereocenters. The Morgan fingerprint density at radius 1 is 1.33 bits per heavy atom. The average Bonchev–Trinajstić information content (AvgIpc) is 2.48. The number of ether oxygens (including phenoxy) is 1. The van der Waals surface area contributed by atoms with Crippen LogP contribution in [0.25, 0.3) is 0 Å². The Bertz CT molecular complexity index is 428. The van der Waals surface area contributed by atoms with Crippen LogP contribution in [0.5, 0.6) is 0 Å². The standard InChI is InChI=1S/C9H15N5.C5H10O2/c1-10-8-6-9(13-7-12-8)14-4-2-11-3-5-14;1-5(2,3)7-4-6/h6-7,11H,2-5H2,1H3,(H,10,12,13);4H,1-3H3. The third-order valence-electron chi connectivity index (χ3n) is 2.75. The molecule has 118 valence electrons. The lowest BCUT2D eigenvalue weighted by Crippen LogP contribution is -2.43. The highest BCUT2D eigenvalue weighted by Gasteiger charge is 2.11. The maximum absolute atomic E-state index is 9.60. The van der Waals surface area contributed by atoms with Gasteiger partial charge < -0.3 is 20.3 Å². The topological polar surface area (TPSA) is 79.4 Å². The van der Waals surface area contributed by atoms with Gasteiger partial charge in [-0.3, -0.25) is 4.79 Å². The van der Waals surface area contributed by atoms with Crippen LogP contribution in [-0.2, 0) is 9.53 Å². The summed E-state index contributed by atoms with van der Waals surface area (Å²) >= 11 is 0. The molecule has 1 aliphatic rings. The summed E-state index contributed by atoms with van der Waals surface area (Å²) in [5.41, 5.74) is -0.318. The third-order valence-corrected chi connectivity index (χ3v) is 2.75. The molecule has 2 N–H and O–H groups in total. The molecule has 0 amide bonds. The molecule has 0 aliphatic carbocycles. The monoisotopic (exact) mass is 295 g/mol. The number of hydrogen-bond acceptors (Lipinski definition) is 7. The van der Waals surface area contributed by atoms with Gasteiger partial charge in [-0.1, -0.05) is 0 Å². The number of nitrogens with zero attached hydrogens (tertiary/aromatic N) is 3. The third kappa shape index (κ3) is 6.89. The predicted octanol–water partition coefficient (Wildman–Crippen LogP) is 0.886. The zero-order chi connectivity index (χ0) is 15.7. The smallest absolute Gasteiger partial charge is 0.293 e. The summed E-state index contributed by atoms with van der Waals surface area (Å²) in [7, 11) is 1.86. The van der Waals surface area contributed by atoms with Crippen LogP contribution < -0.4 is 15.5 Å². The van der Waals surface area contributed by atoms with Gasteiger partial charge in [-0.15, -0.1) is 0 Å². The second kappa shape index (κ2) is 8.41. The van der Waals surface area contributed by atoms with Gasteiger partial charge in [0.15, 0.2) is 0 Å². The van der Waals surface area contributed by atoms with Crippen molar-refractivity contribution in [2.45, 2.75) is 26.4 Å². The van der Waals surface area contributed by atoms with E-state index in [9.17, 15) is 4.79 Å². The van der Waals surface area contributed by atoms with Crippen molar-refractivity contribution in [2.75, 3.05) is 43.4 Å². The number of rotatable bonds is 3. The van der Waals surface area contributed by atoms with E-state index in [1.165, 1.54) is 0 Å². The second-order valence-electron chi connectivity index (χ2n) is 5.57. The van der Waals surface area contributed by atoms with Crippen LogP contribution in [0.2, 0.25) is 0 Å². The van der Waals surface area contributed by atoms with Crippen LogP contribution in [0.4, 0.5) is 11.6 Å². The lowest BCUT2D eigenvalue weighted by molar-refractivity contribution is -0.138. The quantitative estimate of drug-likeness (QED) is 0.801. The van der Waals surface area contributed by atoms with Crippen molar-refractivity contribution in [3.8, 4) is 0 Å². The summed E-state index contributed by atoms with van der Waals surface area (Å²) in [5.74, 6) is 1.87. The Balaban J connectivity index is 0.000000270. The number of aromatic nitrogens is 2. The molecule has 1 aliphatic heterocycles. The Hall–Kier alpha value is -1.89. The number of nitrogens with one attached hydrogen (secondary N) is 2. The summed E-state index contributed by atoms with van der Waals surface area (Å²) < 4.78 is 4.55. The molecule has 7 nitrogen and oxygen atoms in total. The van der Waals surface area contributed by atoms with E-state index < -0.39 is 0 Å². The largest absolute Gasteiger partial charge is 0.462 e. The van der Waals surface area contributed by atoms with Crippen molar-refractivity contribution < 1.29 is 9.53 Å². The van der Waals surface area contributed by atoms with E-state index in [0.29, 0.717) is 6.47 Å². The van der Waals surface area contributed by atoms with Crippen molar-refractivity contribution >= 4 is 18.1 Å². The molecule has 1 fully saturated rings. The SMILES string of the molecule is CC(C)(C)OC=O.CNc1cc(N2CCNCC2)ncn1. The highest BCUT2D eigenvalue weighted by Crippen LogP contribution is 2.13. The molecular weight excluding hydrogens is 270 g/mol. The summed E-state index contributed by atoms with van der Waals surface area (Å²) in [5, 5.41) is 6.33.